The van der Waals surface area contributed by atoms with Crippen LogP contribution < -0.4 is 5.56 Å². The molecule has 2 bridgehead atoms. The van der Waals surface area contributed by atoms with E-state index in [1.807, 2.05) is 30.5 Å². The van der Waals surface area contributed by atoms with Crippen LogP contribution in [0.5, 0.6) is 0 Å². The molecule has 0 aromatic carbocycles. The number of sulfonamides is 1. The van der Waals surface area contributed by atoms with Crippen molar-refractivity contribution in [2.75, 3.05) is 13.1 Å². The number of hydrogen-bond donors (Lipinski definition) is 0. The molecule has 0 N–H and O–H groups in total. The molecule has 3 aromatic heterocycles. The summed E-state index contributed by atoms with van der Waals surface area (Å²) in [6.45, 7) is 5.10. The van der Waals surface area contributed by atoms with Gasteiger partial charge >= 0.3 is 0 Å². The van der Waals surface area contributed by atoms with Crippen molar-refractivity contribution in [2.45, 2.75) is 36.9 Å². The Labute approximate surface area is 172 Å². The Morgan fingerprint density at radius 1 is 1.14 bits per heavy atom. The summed E-state index contributed by atoms with van der Waals surface area (Å²) in [7, 11) is -3.60. The molecule has 2 atom stereocenters. The van der Waals surface area contributed by atoms with E-state index < -0.39 is 10.0 Å². The third-order valence-corrected chi connectivity index (χ3v) is 9.30. The van der Waals surface area contributed by atoms with E-state index in [1.54, 1.807) is 22.5 Å². The van der Waals surface area contributed by atoms with E-state index in [9.17, 15) is 13.2 Å². The molecule has 0 radical (unpaired) electrons. The van der Waals surface area contributed by atoms with Crippen molar-refractivity contribution in [1.29, 1.82) is 0 Å². The molecule has 5 heterocycles. The van der Waals surface area contributed by atoms with Crippen LogP contribution in [0.15, 0.2) is 43.9 Å². The third-order valence-electron chi connectivity index (χ3n) is 5.90. The molecular weight excluding hydrogens is 410 g/mol. The minimum atomic E-state index is -3.60. The van der Waals surface area contributed by atoms with Crippen molar-refractivity contribution in [3.05, 3.63) is 57.8 Å². The first kappa shape index (κ1) is 18.8. The van der Waals surface area contributed by atoms with Crippen molar-refractivity contribution >= 4 is 21.4 Å². The smallest absolute Gasteiger partial charge is 0.252 e. The van der Waals surface area contributed by atoms with E-state index >= 15 is 0 Å². The largest absolute Gasteiger partial charge is 0.361 e. The highest BCUT2D eigenvalue weighted by molar-refractivity contribution is 7.91. The first-order valence-electron chi connectivity index (χ1n) is 9.57. The quantitative estimate of drug-likeness (QED) is 0.636. The lowest BCUT2D eigenvalue weighted by Crippen LogP contribution is -2.48. The predicted octanol–water partition coefficient (Wildman–Crippen LogP) is 2.99. The van der Waals surface area contributed by atoms with Gasteiger partial charge in [-0.1, -0.05) is 11.2 Å². The Kier molecular flexibility index (Phi) is 4.30. The first-order valence-corrected chi connectivity index (χ1v) is 11.8. The molecule has 9 heteroatoms. The summed E-state index contributed by atoms with van der Waals surface area (Å²) in [6, 6.07) is 8.77. The normalized spacial score (nSPS) is 21.9. The van der Waals surface area contributed by atoms with Crippen LogP contribution in [0, 0.1) is 19.8 Å². The van der Waals surface area contributed by atoms with Gasteiger partial charge in [-0.05, 0) is 44.4 Å². The lowest BCUT2D eigenvalue weighted by molar-refractivity contribution is 0.186. The molecule has 0 aliphatic carbocycles. The van der Waals surface area contributed by atoms with Crippen LogP contribution in [-0.4, -0.2) is 35.5 Å². The van der Waals surface area contributed by atoms with Crippen LogP contribution >= 0.6 is 11.3 Å². The zero-order valence-corrected chi connectivity index (χ0v) is 17.8. The Hall–Kier alpha value is -2.23. The molecule has 0 spiro atoms. The van der Waals surface area contributed by atoms with Crippen molar-refractivity contribution in [1.82, 2.24) is 14.0 Å². The Morgan fingerprint density at radius 3 is 2.72 bits per heavy atom. The fourth-order valence-corrected chi connectivity index (χ4v) is 7.77. The van der Waals surface area contributed by atoms with E-state index in [2.05, 4.69) is 5.16 Å². The van der Waals surface area contributed by atoms with Gasteiger partial charge in [0.1, 0.15) is 9.97 Å². The van der Waals surface area contributed by atoms with Gasteiger partial charge in [0.05, 0.1) is 11.3 Å². The number of pyridine rings is 1. The van der Waals surface area contributed by atoms with Gasteiger partial charge in [-0.15, -0.1) is 11.3 Å². The zero-order valence-electron chi connectivity index (χ0n) is 16.2. The fourth-order valence-electron chi connectivity index (χ4n) is 4.60. The number of nitrogens with zero attached hydrogens (tertiary/aromatic N) is 3. The average Bonchev–Trinajstić information content (AvgIpc) is 3.29. The zero-order chi connectivity index (χ0) is 20.3. The topological polar surface area (TPSA) is 85.4 Å². The standard InChI is InChI=1S/C20H21N3O4S2/c1-12-20(13(2)27-21-12)17-6-7-19(28-17)29(25,26)22-9-14-8-15(11-22)16-4-3-5-18(24)23(16)10-14/h3-7,14-15H,8-11H2,1-2H3/t14-,15+/m0/s1. The Morgan fingerprint density at radius 2 is 1.97 bits per heavy atom. The molecule has 5 rings (SSSR count). The second-order valence-corrected chi connectivity index (χ2v) is 11.1. The second-order valence-electron chi connectivity index (χ2n) is 7.84. The van der Waals surface area contributed by atoms with Crippen molar-refractivity contribution in [3.63, 3.8) is 0 Å². The summed E-state index contributed by atoms with van der Waals surface area (Å²) in [4.78, 5) is 13.0. The maximum absolute atomic E-state index is 13.4. The minimum Gasteiger partial charge on any atom is -0.361 e. The summed E-state index contributed by atoms with van der Waals surface area (Å²) in [5, 5.41) is 3.96. The molecule has 2 aliphatic rings. The van der Waals surface area contributed by atoms with Crippen LogP contribution in [0.3, 0.4) is 0 Å². The number of rotatable bonds is 3. The average molecular weight is 432 g/mol. The van der Waals surface area contributed by atoms with E-state index in [-0.39, 0.29) is 17.4 Å². The molecule has 152 valence electrons. The molecule has 1 fully saturated rings. The molecule has 7 nitrogen and oxygen atoms in total. The summed E-state index contributed by atoms with van der Waals surface area (Å²) in [5.41, 5.74) is 2.55. The summed E-state index contributed by atoms with van der Waals surface area (Å²) in [5.74, 6) is 0.883. The van der Waals surface area contributed by atoms with E-state index in [0.29, 0.717) is 29.6 Å². The highest BCUT2D eigenvalue weighted by atomic mass is 32.2. The van der Waals surface area contributed by atoms with Gasteiger partial charge in [-0.25, -0.2) is 8.42 Å². The number of hydrogen-bond acceptors (Lipinski definition) is 6. The first-order chi connectivity index (χ1) is 13.8. The van der Waals surface area contributed by atoms with Crippen molar-refractivity contribution in [3.8, 4) is 10.4 Å². The molecule has 1 saturated heterocycles. The number of aryl methyl sites for hydroxylation is 2. The van der Waals surface area contributed by atoms with Crippen LogP contribution in [0.2, 0.25) is 0 Å². The monoisotopic (exact) mass is 431 g/mol. The maximum atomic E-state index is 13.4. The highest BCUT2D eigenvalue weighted by Gasteiger charge is 2.40. The fraction of sp³-hybridized carbons (Fsp3) is 0.400. The summed E-state index contributed by atoms with van der Waals surface area (Å²) >= 11 is 1.25. The SMILES string of the molecule is Cc1noc(C)c1-c1ccc(S(=O)(=O)N2C[C@@H]3C[C@H](C2)c2cccc(=O)n2C3)s1. The molecule has 3 aromatic rings. The summed E-state index contributed by atoms with van der Waals surface area (Å²) in [6.07, 6.45) is 0.921. The van der Waals surface area contributed by atoms with Gasteiger partial charge < -0.3 is 9.09 Å². The van der Waals surface area contributed by atoms with Crippen LogP contribution in [0.1, 0.15) is 29.5 Å². The van der Waals surface area contributed by atoms with Crippen molar-refractivity contribution < 1.29 is 12.9 Å². The van der Waals surface area contributed by atoms with Gasteiger partial charge in [0, 0.05) is 42.2 Å². The van der Waals surface area contributed by atoms with E-state index in [1.165, 1.54) is 11.3 Å². The Balaban J connectivity index is 1.47. The minimum absolute atomic E-state index is 0.00383. The van der Waals surface area contributed by atoms with Gasteiger partial charge in [-0.2, -0.15) is 4.31 Å². The number of aromatic nitrogens is 2. The molecular formula is C20H21N3O4S2. The number of fused-ring (bicyclic) bond motifs is 4. The molecule has 2 aliphatic heterocycles. The van der Waals surface area contributed by atoms with Gasteiger partial charge in [0.25, 0.3) is 15.6 Å². The van der Waals surface area contributed by atoms with Crippen LogP contribution in [-0.2, 0) is 16.6 Å². The van der Waals surface area contributed by atoms with E-state index in [0.717, 1.165) is 28.2 Å². The molecule has 0 saturated carbocycles. The second kappa shape index (κ2) is 6.65. The lowest BCUT2D eigenvalue weighted by atomic mass is 9.84. The number of thiophene rings is 1. The number of piperidine rings is 1. The van der Waals surface area contributed by atoms with E-state index in [4.69, 9.17) is 4.52 Å². The third kappa shape index (κ3) is 2.99. The van der Waals surface area contributed by atoms with Crippen LogP contribution in [0.25, 0.3) is 10.4 Å². The lowest BCUT2D eigenvalue weighted by Gasteiger charge is -2.41. The molecule has 29 heavy (non-hydrogen) atoms. The maximum Gasteiger partial charge on any atom is 0.252 e. The molecule has 0 unspecified atom stereocenters. The summed E-state index contributed by atoms with van der Waals surface area (Å²) < 4.78 is 35.7. The van der Waals surface area contributed by atoms with Gasteiger partial charge in [-0.3, -0.25) is 4.79 Å². The van der Waals surface area contributed by atoms with Gasteiger partial charge in [0.15, 0.2) is 0 Å². The van der Waals surface area contributed by atoms with Crippen LogP contribution in [0.4, 0.5) is 0 Å². The highest BCUT2D eigenvalue weighted by Crippen LogP contribution is 2.40. The van der Waals surface area contributed by atoms with Gasteiger partial charge in [0.2, 0.25) is 0 Å². The molecule has 0 amide bonds. The Bertz CT molecular complexity index is 1240. The predicted molar refractivity (Wildman–Crippen MR) is 110 cm³/mol. The van der Waals surface area contributed by atoms with Crippen molar-refractivity contribution in [2.24, 2.45) is 5.92 Å².